The number of fused-ring (bicyclic) bond motifs is 1. The largest absolute Gasteiger partial charge is 0.330 e. The SMILES string of the molecule is Cn1c(-c2ccccc2)nc2c1CNCC2N1CCCCC1. The van der Waals surface area contributed by atoms with Gasteiger partial charge in [0.05, 0.1) is 17.4 Å². The van der Waals surface area contributed by atoms with Crippen LogP contribution in [0.3, 0.4) is 0 Å². The number of benzene rings is 1. The third-order valence-corrected chi connectivity index (χ3v) is 5.05. The topological polar surface area (TPSA) is 33.1 Å². The van der Waals surface area contributed by atoms with Crippen molar-refractivity contribution in [3.8, 4) is 11.4 Å². The molecule has 0 spiro atoms. The van der Waals surface area contributed by atoms with E-state index in [0.717, 1.165) is 18.9 Å². The van der Waals surface area contributed by atoms with E-state index < -0.39 is 0 Å². The minimum absolute atomic E-state index is 0.438. The maximum atomic E-state index is 5.06. The Balaban J connectivity index is 1.72. The Labute approximate surface area is 132 Å². The molecule has 4 heteroatoms. The molecule has 2 aliphatic heterocycles. The van der Waals surface area contributed by atoms with Gasteiger partial charge in [0, 0.05) is 25.7 Å². The van der Waals surface area contributed by atoms with Crippen molar-refractivity contribution >= 4 is 0 Å². The van der Waals surface area contributed by atoms with E-state index in [0.29, 0.717) is 6.04 Å². The normalized spacial score (nSPS) is 22.5. The predicted molar refractivity (Wildman–Crippen MR) is 88.5 cm³/mol. The second kappa shape index (κ2) is 5.86. The zero-order valence-corrected chi connectivity index (χ0v) is 13.3. The lowest BCUT2D eigenvalue weighted by Crippen LogP contribution is -2.42. The highest BCUT2D eigenvalue weighted by Gasteiger charge is 2.31. The Morgan fingerprint density at radius 2 is 1.86 bits per heavy atom. The predicted octanol–water partition coefficient (Wildman–Crippen LogP) is 2.72. The molecule has 0 amide bonds. The van der Waals surface area contributed by atoms with Crippen LogP contribution in [0.5, 0.6) is 0 Å². The number of imidazole rings is 1. The first-order chi connectivity index (χ1) is 10.8. The summed E-state index contributed by atoms with van der Waals surface area (Å²) >= 11 is 0. The smallest absolute Gasteiger partial charge is 0.140 e. The van der Waals surface area contributed by atoms with Gasteiger partial charge >= 0.3 is 0 Å². The molecule has 1 saturated heterocycles. The number of hydrogen-bond donors (Lipinski definition) is 1. The van der Waals surface area contributed by atoms with Crippen molar-refractivity contribution in [1.29, 1.82) is 0 Å². The third-order valence-electron chi connectivity index (χ3n) is 5.05. The van der Waals surface area contributed by atoms with Gasteiger partial charge < -0.3 is 9.88 Å². The fourth-order valence-corrected chi connectivity index (χ4v) is 3.83. The highest BCUT2D eigenvalue weighted by Crippen LogP contribution is 2.32. The number of nitrogens with zero attached hydrogens (tertiary/aromatic N) is 3. The molecule has 0 saturated carbocycles. The van der Waals surface area contributed by atoms with Crippen LogP contribution in [0.1, 0.15) is 36.7 Å². The standard InChI is InChI=1S/C18H24N4/c1-21-15-12-19-13-16(22-10-6-3-7-11-22)17(15)20-18(21)14-8-4-2-5-9-14/h2,4-5,8-9,16,19H,3,6-7,10-13H2,1H3. The van der Waals surface area contributed by atoms with Gasteiger partial charge in [-0.3, -0.25) is 4.90 Å². The Morgan fingerprint density at radius 1 is 1.09 bits per heavy atom. The second-order valence-electron chi connectivity index (χ2n) is 6.44. The maximum Gasteiger partial charge on any atom is 0.140 e. The van der Waals surface area contributed by atoms with Gasteiger partial charge in [-0.25, -0.2) is 4.98 Å². The summed E-state index contributed by atoms with van der Waals surface area (Å²) in [7, 11) is 2.15. The number of aromatic nitrogens is 2. The van der Waals surface area contributed by atoms with Gasteiger partial charge in [0.1, 0.15) is 5.82 Å². The number of piperidine rings is 1. The molecule has 3 heterocycles. The molecular weight excluding hydrogens is 272 g/mol. The molecule has 1 N–H and O–H groups in total. The van der Waals surface area contributed by atoms with Crippen molar-refractivity contribution < 1.29 is 0 Å². The van der Waals surface area contributed by atoms with Crippen LogP contribution in [0.15, 0.2) is 30.3 Å². The summed E-state index contributed by atoms with van der Waals surface area (Å²) in [6.45, 7) is 4.38. The fraction of sp³-hybridized carbons (Fsp3) is 0.500. The molecule has 1 aromatic heterocycles. The summed E-state index contributed by atoms with van der Waals surface area (Å²) in [6, 6.07) is 11.0. The van der Waals surface area contributed by atoms with Crippen molar-refractivity contribution in [1.82, 2.24) is 19.8 Å². The third kappa shape index (κ3) is 2.36. The number of likely N-dealkylation sites (tertiary alicyclic amines) is 1. The zero-order valence-electron chi connectivity index (χ0n) is 13.3. The van der Waals surface area contributed by atoms with Crippen LogP contribution in [-0.4, -0.2) is 34.1 Å². The van der Waals surface area contributed by atoms with Crippen LogP contribution in [0, 0.1) is 0 Å². The quantitative estimate of drug-likeness (QED) is 0.925. The van der Waals surface area contributed by atoms with Crippen molar-refractivity contribution in [2.24, 2.45) is 7.05 Å². The molecule has 4 rings (SSSR count). The van der Waals surface area contributed by atoms with E-state index in [1.807, 2.05) is 0 Å². The molecule has 1 aromatic carbocycles. The van der Waals surface area contributed by atoms with Crippen LogP contribution < -0.4 is 5.32 Å². The fourth-order valence-electron chi connectivity index (χ4n) is 3.83. The van der Waals surface area contributed by atoms with Crippen molar-refractivity contribution in [2.45, 2.75) is 31.8 Å². The summed E-state index contributed by atoms with van der Waals surface area (Å²) in [4.78, 5) is 7.68. The van der Waals surface area contributed by atoms with E-state index in [-0.39, 0.29) is 0 Å². The summed E-state index contributed by atoms with van der Waals surface area (Å²) in [5.74, 6) is 1.09. The Kier molecular flexibility index (Phi) is 3.72. The summed E-state index contributed by atoms with van der Waals surface area (Å²) in [5.41, 5.74) is 3.85. The molecule has 2 aliphatic rings. The first kappa shape index (κ1) is 14.0. The molecule has 0 aliphatic carbocycles. The molecule has 2 aromatic rings. The van der Waals surface area contributed by atoms with E-state index in [1.165, 1.54) is 49.3 Å². The van der Waals surface area contributed by atoms with Crippen molar-refractivity contribution in [3.63, 3.8) is 0 Å². The van der Waals surface area contributed by atoms with Gasteiger partial charge in [0.25, 0.3) is 0 Å². The van der Waals surface area contributed by atoms with Crippen molar-refractivity contribution in [3.05, 3.63) is 41.7 Å². The Bertz CT molecular complexity index is 641. The van der Waals surface area contributed by atoms with E-state index in [4.69, 9.17) is 4.98 Å². The van der Waals surface area contributed by atoms with Crippen LogP contribution in [0.4, 0.5) is 0 Å². The van der Waals surface area contributed by atoms with E-state index in [9.17, 15) is 0 Å². The lowest BCUT2D eigenvalue weighted by molar-refractivity contribution is 0.151. The second-order valence-corrected chi connectivity index (χ2v) is 6.44. The van der Waals surface area contributed by atoms with E-state index in [2.05, 4.69) is 52.2 Å². The summed E-state index contributed by atoms with van der Waals surface area (Å²) < 4.78 is 2.27. The van der Waals surface area contributed by atoms with Crippen molar-refractivity contribution in [2.75, 3.05) is 19.6 Å². The van der Waals surface area contributed by atoms with Crippen LogP contribution in [0.2, 0.25) is 0 Å². The number of rotatable bonds is 2. The molecule has 1 atom stereocenters. The first-order valence-electron chi connectivity index (χ1n) is 8.40. The highest BCUT2D eigenvalue weighted by atomic mass is 15.2. The number of hydrogen-bond acceptors (Lipinski definition) is 3. The van der Waals surface area contributed by atoms with Gasteiger partial charge in [0.2, 0.25) is 0 Å². The molecule has 116 valence electrons. The van der Waals surface area contributed by atoms with Gasteiger partial charge in [-0.2, -0.15) is 0 Å². The highest BCUT2D eigenvalue weighted by molar-refractivity contribution is 5.57. The monoisotopic (exact) mass is 296 g/mol. The summed E-state index contributed by atoms with van der Waals surface area (Å²) in [5, 5.41) is 3.59. The van der Waals surface area contributed by atoms with E-state index >= 15 is 0 Å². The average molecular weight is 296 g/mol. The van der Waals surface area contributed by atoms with Crippen LogP contribution in [0.25, 0.3) is 11.4 Å². The molecule has 0 bridgehead atoms. The average Bonchev–Trinajstić information content (AvgIpc) is 2.94. The molecule has 1 fully saturated rings. The van der Waals surface area contributed by atoms with Gasteiger partial charge in [-0.15, -0.1) is 0 Å². The van der Waals surface area contributed by atoms with Crippen LogP contribution >= 0.6 is 0 Å². The Morgan fingerprint density at radius 3 is 2.64 bits per heavy atom. The van der Waals surface area contributed by atoms with Crippen LogP contribution in [-0.2, 0) is 13.6 Å². The maximum absolute atomic E-state index is 5.06. The molecule has 22 heavy (non-hydrogen) atoms. The lowest BCUT2D eigenvalue weighted by Gasteiger charge is -2.36. The van der Waals surface area contributed by atoms with Gasteiger partial charge in [-0.1, -0.05) is 36.8 Å². The minimum Gasteiger partial charge on any atom is -0.330 e. The number of nitrogens with one attached hydrogen (secondary N) is 1. The molecular formula is C18H24N4. The first-order valence-corrected chi connectivity index (χ1v) is 8.40. The molecule has 4 nitrogen and oxygen atoms in total. The van der Waals surface area contributed by atoms with Gasteiger partial charge in [-0.05, 0) is 25.9 Å². The molecule has 1 unspecified atom stereocenters. The lowest BCUT2D eigenvalue weighted by atomic mass is 10.0. The van der Waals surface area contributed by atoms with Gasteiger partial charge in [0.15, 0.2) is 0 Å². The minimum atomic E-state index is 0.438. The van der Waals surface area contributed by atoms with E-state index in [1.54, 1.807) is 0 Å². The molecule has 0 radical (unpaired) electrons. The Hall–Kier alpha value is -1.65. The summed E-state index contributed by atoms with van der Waals surface area (Å²) in [6.07, 6.45) is 4.02. The zero-order chi connectivity index (χ0) is 14.9.